The van der Waals surface area contributed by atoms with Crippen LogP contribution < -0.4 is 10.6 Å². The number of nitrogens with one attached hydrogen (secondary N) is 2. The van der Waals surface area contributed by atoms with Gasteiger partial charge in [-0.05, 0) is 45.7 Å². The van der Waals surface area contributed by atoms with Crippen LogP contribution in [-0.2, 0) is 14.3 Å². The molecule has 0 aromatic rings. The second kappa shape index (κ2) is 8.87. The van der Waals surface area contributed by atoms with Gasteiger partial charge < -0.3 is 20.5 Å². The molecule has 0 radical (unpaired) electrons. The van der Waals surface area contributed by atoms with E-state index in [-0.39, 0.29) is 31.1 Å². The van der Waals surface area contributed by atoms with Crippen molar-refractivity contribution in [1.82, 2.24) is 10.6 Å². The molecule has 110 valence electrons. The van der Waals surface area contributed by atoms with Gasteiger partial charge in [-0.15, -0.1) is 0 Å². The summed E-state index contributed by atoms with van der Waals surface area (Å²) in [5.74, 6) is -0.922. The van der Waals surface area contributed by atoms with E-state index in [0.717, 1.165) is 25.9 Å². The second-order valence-electron chi connectivity index (χ2n) is 5.01. The number of carbonyl (C=O) groups excluding carboxylic acids is 1. The molecule has 1 rings (SSSR count). The van der Waals surface area contributed by atoms with Gasteiger partial charge in [0, 0.05) is 12.5 Å². The summed E-state index contributed by atoms with van der Waals surface area (Å²) in [6, 6.07) is -0.0107. The monoisotopic (exact) mass is 272 g/mol. The van der Waals surface area contributed by atoms with E-state index in [0.29, 0.717) is 12.8 Å². The minimum Gasteiger partial charge on any atom is -0.481 e. The number of hydrogen-bond donors (Lipinski definition) is 3. The smallest absolute Gasteiger partial charge is 0.303 e. The predicted molar refractivity (Wildman–Crippen MR) is 70.9 cm³/mol. The molecular weight excluding hydrogens is 248 g/mol. The number of rotatable bonds is 8. The number of carbonyl (C=O) groups is 2. The van der Waals surface area contributed by atoms with E-state index in [1.54, 1.807) is 0 Å². The molecule has 1 fully saturated rings. The Morgan fingerprint density at radius 3 is 2.74 bits per heavy atom. The summed E-state index contributed by atoms with van der Waals surface area (Å²) in [7, 11) is 0. The summed E-state index contributed by atoms with van der Waals surface area (Å²) >= 11 is 0. The highest BCUT2D eigenvalue weighted by molar-refractivity contribution is 5.77. The van der Waals surface area contributed by atoms with Gasteiger partial charge in [-0.1, -0.05) is 0 Å². The maximum absolute atomic E-state index is 11.6. The SMILES string of the molecule is CC(CCCC(=O)O)NC(=O)COC1CCNCC1. The number of aliphatic carboxylic acids is 1. The van der Waals surface area contributed by atoms with E-state index in [9.17, 15) is 9.59 Å². The van der Waals surface area contributed by atoms with Gasteiger partial charge in [-0.2, -0.15) is 0 Å². The maximum Gasteiger partial charge on any atom is 0.303 e. The Balaban J connectivity index is 2.07. The molecule has 1 aliphatic heterocycles. The van der Waals surface area contributed by atoms with Gasteiger partial charge in [0.2, 0.25) is 5.91 Å². The normalized spacial score (nSPS) is 17.9. The fourth-order valence-corrected chi connectivity index (χ4v) is 2.10. The molecule has 0 aromatic carbocycles. The second-order valence-corrected chi connectivity index (χ2v) is 5.01. The lowest BCUT2D eigenvalue weighted by atomic mass is 10.1. The Morgan fingerprint density at radius 2 is 2.11 bits per heavy atom. The fourth-order valence-electron chi connectivity index (χ4n) is 2.10. The van der Waals surface area contributed by atoms with Crippen molar-refractivity contribution in [2.45, 2.75) is 51.2 Å². The van der Waals surface area contributed by atoms with E-state index >= 15 is 0 Å². The van der Waals surface area contributed by atoms with E-state index < -0.39 is 5.97 Å². The Hall–Kier alpha value is -1.14. The molecule has 19 heavy (non-hydrogen) atoms. The van der Waals surface area contributed by atoms with E-state index in [4.69, 9.17) is 9.84 Å². The number of amides is 1. The average Bonchev–Trinajstić information content (AvgIpc) is 2.37. The summed E-state index contributed by atoms with van der Waals surface area (Å²) in [5, 5.41) is 14.6. The number of carboxylic acids is 1. The molecule has 3 N–H and O–H groups in total. The third kappa shape index (κ3) is 7.79. The molecule has 0 aliphatic carbocycles. The van der Waals surface area contributed by atoms with Crippen LogP contribution in [0.25, 0.3) is 0 Å². The molecule has 1 heterocycles. The minimum atomic E-state index is -0.798. The zero-order chi connectivity index (χ0) is 14.1. The standard InChI is InChI=1S/C13H24N2O4/c1-10(3-2-4-13(17)18)15-12(16)9-19-11-5-7-14-8-6-11/h10-11,14H,2-9H2,1H3,(H,15,16)(H,17,18). The highest BCUT2D eigenvalue weighted by Gasteiger charge is 2.15. The van der Waals surface area contributed by atoms with Crippen LogP contribution in [0.3, 0.4) is 0 Å². The first-order valence-corrected chi connectivity index (χ1v) is 6.91. The highest BCUT2D eigenvalue weighted by Crippen LogP contribution is 2.07. The molecule has 6 nitrogen and oxygen atoms in total. The number of hydrogen-bond acceptors (Lipinski definition) is 4. The summed E-state index contributed by atoms with van der Waals surface area (Å²) in [4.78, 5) is 22.0. The molecule has 6 heteroatoms. The highest BCUT2D eigenvalue weighted by atomic mass is 16.5. The Bertz CT molecular complexity index is 290. The number of piperidine rings is 1. The lowest BCUT2D eigenvalue weighted by molar-refractivity contribution is -0.137. The van der Waals surface area contributed by atoms with Crippen molar-refractivity contribution in [2.75, 3.05) is 19.7 Å². The molecule has 0 saturated carbocycles. The van der Waals surface area contributed by atoms with Crippen molar-refractivity contribution < 1.29 is 19.4 Å². The van der Waals surface area contributed by atoms with Crippen molar-refractivity contribution in [3.05, 3.63) is 0 Å². The molecule has 1 atom stereocenters. The topological polar surface area (TPSA) is 87.7 Å². The molecule has 0 bridgehead atoms. The first-order valence-electron chi connectivity index (χ1n) is 6.91. The zero-order valence-corrected chi connectivity index (χ0v) is 11.5. The van der Waals surface area contributed by atoms with Crippen molar-refractivity contribution in [1.29, 1.82) is 0 Å². The van der Waals surface area contributed by atoms with Crippen molar-refractivity contribution in [3.8, 4) is 0 Å². The van der Waals surface area contributed by atoms with E-state index in [2.05, 4.69) is 10.6 Å². The summed E-state index contributed by atoms with van der Waals surface area (Å²) in [6.45, 7) is 3.86. The Kier molecular flexibility index (Phi) is 7.43. The van der Waals surface area contributed by atoms with Crippen LogP contribution in [0.5, 0.6) is 0 Å². The van der Waals surface area contributed by atoms with Gasteiger partial charge in [-0.25, -0.2) is 0 Å². The van der Waals surface area contributed by atoms with Crippen LogP contribution in [0.4, 0.5) is 0 Å². The van der Waals surface area contributed by atoms with Crippen LogP contribution in [0.15, 0.2) is 0 Å². The fraction of sp³-hybridized carbons (Fsp3) is 0.846. The number of ether oxygens (including phenoxy) is 1. The van der Waals surface area contributed by atoms with Gasteiger partial charge in [-0.3, -0.25) is 9.59 Å². The van der Waals surface area contributed by atoms with Crippen molar-refractivity contribution in [3.63, 3.8) is 0 Å². The third-order valence-electron chi connectivity index (χ3n) is 3.17. The quantitative estimate of drug-likeness (QED) is 0.599. The first kappa shape index (κ1) is 15.9. The minimum absolute atomic E-state index is 0.0107. The van der Waals surface area contributed by atoms with E-state index in [1.165, 1.54) is 0 Å². The van der Waals surface area contributed by atoms with Crippen LogP contribution in [0.2, 0.25) is 0 Å². The molecular formula is C13H24N2O4. The maximum atomic E-state index is 11.6. The molecule has 1 saturated heterocycles. The van der Waals surface area contributed by atoms with Gasteiger partial charge in [0.25, 0.3) is 0 Å². The largest absolute Gasteiger partial charge is 0.481 e. The van der Waals surface area contributed by atoms with Crippen LogP contribution in [0.1, 0.15) is 39.0 Å². The first-order chi connectivity index (χ1) is 9.08. The predicted octanol–water partition coefficient (Wildman–Crippen LogP) is 0.515. The summed E-state index contributed by atoms with van der Waals surface area (Å²) < 4.78 is 5.54. The molecule has 1 unspecified atom stereocenters. The van der Waals surface area contributed by atoms with Gasteiger partial charge >= 0.3 is 5.97 Å². The Morgan fingerprint density at radius 1 is 1.42 bits per heavy atom. The van der Waals surface area contributed by atoms with Gasteiger partial charge in [0.1, 0.15) is 6.61 Å². The average molecular weight is 272 g/mol. The third-order valence-corrected chi connectivity index (χ3v) is 3.17. The van der Waals surface area contributed by atoms with Crippen LogP contribution in [-0.4, -0.2) is 48.8 Å². The van der Waals surface area contributed by atoms with Crippen molar-refractivity contribution in [2.24, 2.45) is 0 Å². The van der Waals surface area contributed by atoms with Gasteiger partial charge in [0.15, 0.2) is 0 Å². The Labute approximate surface area is 113 Å². The van der Waals surface area contributed by atoms with Crippen LogP contribution in [0, 0.1) is 0 Å². The van der Waals surface area contributed by atoms with Gasteiger partial charge in [0.05, 0.1) is 6.10 Å². The molecule has 0 aromatic heterocycles. The molecule has 1 aliphatic rings. The van der Waals surface area contributed by atoms with Crippen molar-refractivity contribution >= 4 is 11.9 Å². The lowest BCUT2D eigenvalue weighted by Gasteiger charge is -2.23. The number of carboxylic acid groups (broad SMARTS) is 1. The summed E-state index contributed by atoms with van der Waals surface area (Å²) in [5.41, 5.74) is 0. The summed E-state index contributed by atoms with van der Waals surface area (Å²) in [6.07, 6.45) is 3.46. The molecule has 0 spiro atoms. The van der Waals surface area contributed by atoms with Crippen LogP contribution >= 0.6 is 0 Å². The van der Waals surface area contributed by atoms with E-state index in [1.807, 2.05) is 6.92 Å². The lowest BCUT2D eigenvalue weighted by Crippen LogP contribution is -2.38. The zero-order valence-electron chi connectivity index (χ0n) is 11.5. The molecule has 1 amide bonds.